The largest absolute Gasteiger partial charge is 0.383 e. The van der Waals surface area contributed by atoms with Crippen molar-refractivity contribution in [2.45, 2.75) is 25.8 Å². The van der Waals surface area contributed by atoms with Gasteiger partial charge in [-0.1, -0.05) is 0 Å². The van der Waals surface area contributed by atoms with Crippen LogP contribution < -0.4 is 16.0 Å². The third-order valence-corrected chi connectivity index (χ3v) is 2.99. The molecule has 1 aliphatic heterocycles. The zero-order valence-corrected chi connectivity index (χ0v) is 10.4. The first-order valence-corrected chi connectivity index (χ1v) is 6.19. The quantitative estimate of drug-likeness (QED) is 0.766. The van der Waals surface area contributed by atoms with E-state index >= 15 is 0 Å². The molecule has 98 valence electrons. The number of anilines is 2. The molecule has 0 aromatic heterocycles. The molecule has 0 bridgehead atoms. The van der Waals surface area contributed by atoms with Gasteiger partial charge in [0.1, 0.15) is 5.82 Å². The van der Waals surface area contributed by atoms with Crippen molar-refractivity contribution in [3.8, 4) is 0 Å². The van der Waals surface area contributed by atoms with E-state index in [2.05, 4.69) is 16.0 Å². The van der Waals surface area contributed by atoms with Gasteiger partial charge in [0.2, 0.25) is 5.91 Å². The Bertz CT molecular complexity index is 430. The summed E-state index contributed by atoms with van der Waals surface area (Å²) in [5.41, 5.74) is 1.03. The predicted octanol–water partition coefficient (Wildman–Crippen LogP) is 1.95. The molecule has 1 heterocycles. The van der Waals surface area contributed by atoms with Crippen molar-refractivity contribution in [2.24, 2.45) is 0 Å². The van der Waals surface area contributed by atoms with Crippen molar-refractivity contribution >= 4 is 17.3 Å². The van der Waals surface area contributed by atoms with Crippen LogP contribution in [0.4, 0.5) is 15.8 Å². The maximum atomic E-state index is 13.4. The summed E-state index contributed by atoms with van der Waals surface area (Å²) < 4.78 is 13.4. The van der Waals surface area contributed by atoms with E-state index in [4.69, 9.17) is 0 Å². The summed E-state index contributed by atoms with van der Waals surface area (Å²) in [5, 5.41) is 9.10. The number of halogens is 1. The van der Waals surface area contributed by atoms with E-state index in [1.807, 2.05) is 0 Å². The Labute approximate surface area is 106 Å². The third-order valence-electron chi connectivity index (χ3n) is 2.99. The van der Waals surface area contributed by atoms with E-state index in [1.54, 1.807) is 12.1 Å². The van der Waals surface area contributed by atoms with Gasteiger partial charge < -0.3 is 16.0 Å². The van der Waals surface area contributed by atoms with Crippen LogP contribution in [0.3, 0.4) is 0 Å². The summed E-state index contributed by atoms with van der Waals surface area (Å²) in [6.45, 7) is 3.24. The van der Waals surface area contributed by atoms with Gasteiger partial charge in [-0.2, -0.15) is 0 Å². The van der Waals surface area contributed by atoms with Crippen LogP contribution in [-0.4, -0.2) is 25.0 Å². The minimum Gasteiger partial charge on any atom is -0.383 e. The van der Waals surface area contributed by atoms with Gasteiger partial charge >= 0.3 is 0 Å². The standard InChI is InChI=1S/C13H18FN3O/c1-9(18)17-13-7-10(4-5-12(13)14)16-8-11-3-2-6-15-11/h4-5,7,11,15-16H,2-3,6,8H2,1H3,(H,17,18). The van der Waals surface area contributed by atoms with E-state index in [-0.39, 0.29) is 11.6 Å². The highest BCUT2D eigenvalue weighted by Crippen LogP contribution is 2.20. The van der Waals surface area contributed by atoms with Crippen LogP contribution in [0.15, 0.2) is 18.2 Å². The Morgan fingerprint density at radius 3 is 3.06 bits per heavy atom. The van der Waals surface area contributed by atoms with Gasteiger partial charge in [-0.15, -0.1) is 0 Å². The summed E-state index contributed by atoms with van der Waals surface area (Å²) in [4.78, 5) is 10.9. The number of nitrogens with one attached hydrogen (secondary N) is 3. The molecule has 1 atom stereocenters. The molecule has 3 N–H and O–H groups in total. The lowest BCUT2D eigenvalue weighted by molar-refractivity contribution is -0.114. The predicted molar refractivity (Wildman–Crippen MR) is 70.2 cm³/mol. The minimum absolute atomic E-state index is 0.215. The fourth-order valence-electron chi connectivity index (χ4n) is 2.09. The van der Waals surface area contributed by atoms with Crippen molar-refractivity contribution in [3.63, 3.8) is 0 Å². The number of benzene rings is 1. The SMILES string of the molecule is CC(=O)Nc1cc(NCC2CCCN2)ccc1F. The average Bonchev–Trinajstić information content (AvgIpc) is 2.82. The lowest BCUT2D eigenvalue weighted by Gasteiger charge is -2.13. The number of rotatable bonds is 4. The Balaban J connectivity index is 1.97. The van der Waals surface area contributed by atoms with Crippen LogP contribution >= 0.6 is 0 Å². The van der Waals surface area contributed by atoms with Crippen molar-refractivity contribution in [3.05, 3.63) is 24.0 Å². The van der Waals surface area contributed by atoms with E-state index < -0.39 is 5.82 Å². The summed E-state index contributed by atoms with van der Waals surface area (Å²) in [6, 6.07) is 5.12. The molecule has 1 unspecified atom stereocenters. The third kappa shape index (κ3) is 3.43. The molecule has 4 nitrogen and oxygen atoms in total. The highest BCUT2D eigenvalue weighted by atomic mass is 19.1. The molecule has 0 saturated carbocycles. The van der Waals surface area contributed by atoms with Crippen molar-refractivity contribution in [1.29, 1.82) is 0 Å². The zero-order chi connectivity index (χ0) is 13.0. The zero-order valence-electron chi connectivity index (χ0n) is 10.4. The van der Waals surface area contributed by atoms with Crippen molar-refractivity contribution in [2.75, 3.05) is 23.7 Å². The van der Waals surface area contributed by atoms with Crippen LogP contribution in [-0.2, 0) is 4.79 Å². The summed E-state index contributed by atoms with van der Waals surface area (Å²) >= 11 is 0. The highest BCUT2D eigenvalue weighted by molar-refractivity contribution is 5.89. The van der Waals surface area contributed by atoms with E-state index in [1.165, 1.54) is 19.4 Å². The maximum absolute atomic E-state index is 13.4. The smallest absolute Gasteiger partial charge is 0.221 e. The molecular formula is C13H18FN3O. The van der Waals surface area contributed by atoms with E-state index in [9.17, 15) is 9.18 Å². The molecular weight excluding hydrogens is 233 g/mol. The Morgan fingerprint density at radius 1 is 1.56 bits per heavy atom. The van der Waals surface area contributed by atoms with Crippen LogP contribution in [0.2, 0.25) is 0 Å². The summed E-state index contributed by atoms with van der Waals surface area (Å²) in [5.74, 6) is -0.696. The first-order valence-electron chi connectivity index (χ1n) is 6.19. The Hall–Kier alpha value is -1.62. The average molecular weight is 251 g/mol. The molecule has 1 amide bonds. The summed E-state index contributed by atoms with van der Waals surface area (Å²) in [7, 11) is 0. The van der Waals surface area contributed by atoms with Gasteiger partial charge in [0.25, 0.3) is 0 Å². The fraction of sp³-hybridized carbons (Fsp3) is 0.462. The summed E-state index contributed by atoms with van der Waals surface area (Å²) in [6.07, 6.45) is 2.36. The monoisotopic (exact) mass is 251 g/mol. The second-order valence-electron chi connectivity index (χ2n) is 4.55. The van der Waals surface area contributed by atoms with Gasteiger partial charge in [-0.3, -0.25) is 4.79 Å². The molecule has 5 heteroatoms. The molecule has 0 radical (unpaired) electrons. The first-order chi connectivity index (χ1) is 8.65. The van der Waals surface area contributed by atoms with Crippen LogP contribution in [0, 0.1) is 5.82 Å². The second-order valence-corrected chi connectivity index (χ2v) is 4.55. The molecule has 1 saturated heterocycles. The normalized spacial score (nSPS) is 18.7. The van der Waals surface area contributed by atoms with Crippen LogP contribution in [0.25, 0.3) is 0 Å². The highest BCUT2D eigenvalue weighted by Gasteiger charge is 2.13. The molecule has 1 aromatic carbocycles. The van der Waals surface area contributed by atoms with Crippen molar-refractivity contribution < 1.29 is 9.18 Å². The van der Waals surface area contributed by atoms with E-state index in [0.717, 1.165) is 25.2 Å². The first kappa shape index (κ1) is 12.8. The number of hydrogen-bond acceptors (Lipinski definition) is 3. The Kier molecular flexibility index (Phi) is 4.15. The van der Waals surface area contributed by atoms with Crippen molar-refractivity contribution in [1.82, 2.24) is 5.32 Å². The molecule has 0 aliphatic carbocycles. The van der Waals surface area contributed by atoms with Gasteiger partial charge in [0, 0.05) is 25.2 Å². The lowest BCUT2D eigenvalue weighted by Crippen LogP contribution is -2.29. The maximum Gasteiger partial charge on any atom is 0.221 e. The van der Waals surface area contributed by atoms with E-state index in [0.29, 0.717) is 6.04 Å². The van der Waals surface area contributed by atoms with Gasteiger partial charge in [0.05, 0.1) is 5.69 Å². The number of carbonyl (C=O) groups is 1. The molecule has 2 rings (SSSR count). The van der Waals surface area contributed by atoms with Gasteiger partial charge in [-0.25, -0.2) is 4.39 Å². The lowest BCUT2D eigenvalue weighted by atomic mass is 10.2. The Morgan fingerprint density at radius 2 is 2.39 bits per heavy atom. The van der Waals surface area contributed by atoms with Crippen LogP contribution in [0.5, 0.6) is 0 Å². The van der Waals surface area contributed by atoms with Crippen LogP contribution in [0.1, 0.15) is 19.8 Å². The molecule has 0 spiro atoms. The molecule has 1 aliphatic rings. The number of hydrogen-bond donors (Lipinski definition) is 3. The number of carbonyl (C=O) groups excluding carboxylic acids is 1. The molecule has 1 aromatic rings. The topological polar surface area (TPSA) is 53.2 Å². The molecule has 1 fully saturated rings. The number of amides is 1. The second kappa shape index (κ2) is 5.82. The van der Waals surface area contributed by atoms with Gasteiger partial charge in [-0.05, 0) is 37.6 Å². The van der Waals surface area contributed by atoms with Gasteiger partial charge in [0.15, 0.2) is 0 Å². The fourth-order valence-corrected chi connectivity index (χ4v) is 2.09. The minimum atomic E-state index is -0.422. The molecule has 18 heavy (non-hydrogen) atoms.